The number of thiazole rings is 1. The van der Waals surface area contributed by atoms with Crippen molar-refractivity contribution in [1.82, 2.24) is 14.5 Å². The lowest BCUT2D eigenvalue weighted by Gasteiger charge is -2.34. The average molecular weight is 417 g/mol. The van der Waals surface area contributed by atoms with E-state index in [1.54, 1.807) is 6.07 Å². The summed E-state index contributed by atoms with van der Waals surface area (Å²) in [5.74, 6) is 0. The molecule has 0 aliphatic carbocycles. The summed E-state index contributed by atoms with van der Waals surface area (Å²) in [5.41, 5.74) is 2.44. The standard InChI is InChI=1S/C19H17ClN4O3S/c20-15-11-16-17(10-14(15)13-4-2-1-3-5-13)28-19(26)24(16)18(12-25)22-6-8-23(21-27)9-7-22/h1-5,10-12,18H,6-9H2. The van der Waals surface area contributed by atoms with E-state index >= 15 is 0 Å². The minimum Gasteiger partial charge on any atom is -0.299 e. The largest absolute Gasteiger partial charge is 0.309 e. The number of halogens is 1. The third-order valence-corrected chi connectivity index (χ3v) is 6.18. The molecular formula is C19H17ClN4O3S. The lowest BCUT2D eigenvalue weighted by atomic mass is 10.1. The van der Waals surface area contributed by atoms with Crippen molar-refractivity contribution < 1.29 is 4.79 Å². The topological polar surface area (TPSA) is 75.0 Å². The van der Waals surface area contributed by atoms with E-state index in [9.17, 15) is 14.5 Å². The molecule has 1 saturated heterocycles. The summed E-state index contributed by atoms with van der Waals surface area (Å²) in [6.45, 7) is 1.77. The van der Waals surface area contributed by atoms with E-state index < -0.39 is 6.17 Å². The van der Waals surface area contributed by atoms with Gasteiger partial charge < -0.3 is 0 Å². The predicted molar refractivity (Wildman–Crippen MR) is 111 cm³/mol. The SMILES string of the molecule is O=CC(N1CCN(N=O)CC1)n1c(=O)sc2cc(-c3ccccc3)c(Cl)cc21. The van der Waals surface area contributed by atoms with Gasteiger partial charge in [0.2, 0.25) is 0 Å². The van der Waals surface area contributed by atoms with Crippen LogP contribution in [-0.4, -0.2) is 46.9 Å². The van der Waals surface area contributed by atoms with Crippen LogP contribution in [0.25, 0.3) is 21.3 Å². The number of carbonyl (C=O) groups is 1. The van der Waals surface area contributed by atoms with Gasteiger partial charge in [-0.2, -0.15) is 0 Å². The number of nitrogens with zero attached hydrogens (tertiary/aromatic N) is 4. The molecule has 3 aromatic rings. The molecule has 0 amide bonds. The van der Waals surface area contributed by atoms with Gasteiger partial charge in [-0.25, -0.2) is 0 Å². The molecule has 1 aliphatic heterocycles. The second-order valence-electron chi connectivity index (χ2n) is 6.52. The summed E-state index contributed by atoms with van der Waals surface area (Å²) in [6.07, 6.45) is 0.0185. The van der Waals surface area contributed by atoms with E-state index in [1.165, 1.54) is 9.58 Å². The zero-order valence-electron chi connectivity index (χ0n) is 14.8. The van der Waals surface area contributed by atoms with Crippen molar-refractivity contribution in [2.24, 2.45) is 5.29 Å². The van der Waals surface area contributed by atoms with Crippen LogP contribution in [0.3, 0.4) is 0 Å². The fourth-order valence-electron chi connectivity index (χ4n) is 3.51. The highest BCUT2D eigenvalue weighted by molar-refractivity contribution is 7.16. The highest BCUT2D eigenvalue weighted by atomic mass is 35.5. The van der Waals surface area contributed by atoms with Crippen LogP contribution in [0.2, 0.25) is 5.02 Å². The van der Waals surface area contributed by atoms with Crippen LogP contribution in [0.1, 0.15) is 6.17 Å². The number of benzene rings is 2. The Bertz CT molecular complexity index is 1070. The molecule has 1 atom stereocenters. The lowest BCUT2D eigenvalue weighted by molar-refractivity contribution is -0.116. The third-order valence-electron chi connectivity index (χ3n) is 4.95. The van der Waals surface area contributed by atoms with Gasteiger partial charge in [-0.05, 0) is 17.7 Å². The Kier molecular flexibility index (Phi) is 5.25. The lowest BCUT2D eigenvalue weighted by Crippen LogP contribution is -2.48. The van der Waals surface area contributed by atoms with Gasteiger partial charge in [0, 0.05) is 18.7 Å². The first-order valence-electron chi connectivity index (χ1n) is 8.80. The van der Waals surface area contributed by atoms with Crippen molar-refractivity contribution in [3.8, 4) is 11.1 Å². The molecule has 9 heteroatoms. The summed E-state index contributed by atoms with van der Waals surface area (Å²) >= 11 is 7.62. The normalized spacial score (nSPS) is 16.2. The maximum absolute atomic E-state index is 12.7. The van der Waals surface area contributed by atoms with Crippen LogP contribution < -0.4 is 4.87 Å². The number of rotatable bonds is 5. The molecule has 0 bridgehead atoms. The Morgan fingerprint density at radius 3 is 2.46 bits per heavy atom. The van der Waals surface area contributed by atoms with Gasteiger partial charge in [0.15, 0.2) is 6.29 Å². The summed E-state index contributed by atoms with van der Waals surface area (Å²) in [5, 5.41) is 4.86. The number of fused-ring (bicyclic) bond motifs is 1. The molecule has 0 spiro atoms. The molecule has 2 heterocycles. The average Bonchev–Trinajstić information content (AvgIpc) is 3.04. The second-order valence-corrected chi connectivity index (χ2v) is 7.93. The molecule has 0 radical (unpaired) electrons. The van der Waals surface area contributed by atoms with Gasteiger partial charge in [0.1, 0.15) is 6.17 Å². The van der Waals surface area contributed by atoms with Crippen LogP contribution in [0, 0.1) is 4.91 Å². The molecule has 1 aromatic heterocycles. The Balaban J connectivity index is 1.76. The van der Waals surface area contributed by atoms with E-state index in [2.05, 4.69) is 5.29 Å². The fraction of sp³-hybridized carbons (Fsp3) is 0.263. The van der Waals surface area contributed by atoms with Crippen LogP contribution in [0.5, 0.6) is 0 Å². The molecule has 7 nitrogen and oxygen atoms in total. The van der Waals surface area contributed by atoms with Gasteiger partial charge in [-0.3, -0.25) is 24.1 Å². The Morgan fingerprint density at radius 1 is 1.11 bits per heavy atom. The monoisotopic (exact) mass is 416 g/mol. The number of carbonyl (C=O) groups excluding carboxylic acids is 1. The van der Waals surface area contributed by atoms with E-state index in [0.29, 0.717) is 36.7 Å². The highest BCUT2D eigenvalue weighted by Crippen LogP contribution is 2.34. The van der Waals surface area contributed by atoms with Gasteiger partial charge in [-0.1, -0.05) is 53.3 Å². The first kappa shape index (κ1) is 18.8. The predicted octanol–water partition coefficient (Wildman–Crippen LogP) is 3.38. The van der Waals surface area contributed by atoms with E-state index in [1.807, 2.05) is 41.3 Å². The van der Waals surface area contributed by atoms with Crippen molar-refractivity contribution >= 4 is 39.4 Å². The molecule has 1 unspecified atom stereocenters. The van der Waals surface area contributed by atoms with Crippen molar-refractivity contribution in [1.29, 1.82) is 0 Å². The Hall–Kier alpha value is -2.55. The van der Waals surface area contributed by atoms with E-state index in [0.717, 1.165) is 33.4 Å². The number of piperazine rings is 1. The van der Waals surface area contributed by atoms with Gasteiger partial charge in [-0.15, -0.1) is 4.91 Å². The van der Waals surface area contributed by atoms with Crippen molar-refractivity contribution in [2.45, 2.75) is 6.17 Å². The summed E-state index contributed by atoms with van der Waals surface area (Å²) in [7, 11) is 0. The zero-order valence-corrected chi connectivity index (χ0v) is 16.4. The number of hydrogen-bond donors (Lipinski definition) is 0. The zero-order chi connectivity index (χ0) is 19.7. The van der Waals surface area contributed by atoms with Crippen LogP contribution >= 0.6 is 22.9 Å². The van der Waals surface area contributed by atoms with Gasteiger partial charge >= 0.3 is 4.87 Å². The summed E-state index contributed by atoms with van der Waals surface area (Å²) in [4.78, 5) is 37.0. The maximum Gasteiger partial charge on any atom is 0.309 e. The smallest absolute Gasteiger partial charge is 0.299 e. The molecule has 2 aromatic carbocycles. The number of hydrogen-bond acceptors (Lipinski definition) is 6. The molecule has 0 N–H and O–H groups in total. The minimum atomic E-state index is -0.742. The quantitative estimate of drug-likeness (QED) is 0.471. The molecule has 28 heavy (non-hydrogen) atoms. The summed E-state index contributed by atoms with van der Waals surface area (Å²) in [6, 6.07) is 13.4. The van der Waals surface area contributed by atoms with Crippen LogP contribution in [-0.2, 0) is 4.79 Å². The molecule has 1 fully saturated rings. The van der Waals surface area contributed by atoms with Crippen LogP contribution in [0.4, 0.5) is 0 Å². The van der Waals surface area contributed by atoms with Crippen molar-refractivity contribution in [3.63, 3.8) is 0 Å². The molecule has 0 saturated carbocycles. The molecule has 144 valence electrons. The van der Waals surface area contributed by atoms with Crippen LogP contribution in [0.15, 0.2) is 52.5 Å². The van der Waals surface area contributed by atoms with E-state index in [4.69, 9.17) is 11.6 Å². The second kappa shape index (κ2) is 7.83. The molecule has 4 rings (SSSR count). The molecule has 1 aliphatic rings. The maximum atomic E-state index is 12.7. The first-order chi connectivity index (χ1) is 13.6. The number of aromatic nitrogens is 1. The van der Waals surface area contributed by atoms with Crippen molar-refractivity contribution in [3.05, 3.63) is 62.1 Å². The number of aldehydes is 1. The van der Waals surface area contributed by atoms with Crippen molar-refractivity contribution in [2.75, 3.05) is 26.2 Å². The minimum absolute atomic E-state index is 0.218. The van der Waals surface area contributed by atoms with E-state index in [-0.39, 0.29) is 4.87 Å². The van der Waals surface area contributed by atoms with Gasteiger partial charge in [0.25, 0.3) is 0 Å². The van der Waals surface area contributed by atoms with Gasteiger partial charge in [0.05, 0.1) is 33.6 Å². The first-order valence-corrected chi connectivity index (χ1v) is 9.99. The highest BCUT2D eigenvalue weighted by Gasteiger charge is 2.27. The molecular weight excluding hydrogens is 400 g/mol. The fourth-order valence-corrected chi connectivity index (χ4v) is 4.71. The Morgan fingerprint density at radius 2 is 1.82 bits per heavy atom. The third kappa shape index (κ3) is 3.34. The number of nitroso groups, excluding NO2 is 1. The Labute approximate surface area is 169 Å². The summed E-state index contributed by atoms with van der Waals surface area (Å²) < 4.78 is 2.26.